The van der Waals surface area contributed by atoms with Gasteiger partial charge in [0, 0.05) is 18.7 Å². The Morgan fingerprint density at radius 1 is 1.29 bits per heavy atom. The molecular weight excluding hydrogens is 238 g/mol. The summed E-state index contributed by atoms with van der Waals surface area (Å²) in [5.74, 6) is -0.0312. The average Bonchev–Trinajstić information content (AvgIpc) is 2.31. The van der Waals surface area contributed by atoms with Crippen molar-refractivity contribution in [1.82, 2.24) is 4.90 Å². The molecule has 0 spiro atoms. The molecule has 0 saturated carbocycles. The number of phenolic OH excluding ortho intramolecular Hbond substituents is 1. The van der Waals surface area contributed by atoms with Crippen LogP contribution in [0.1, 0.15) is 37.0 Å². The lowest BCUT2D eigenvalue weighted by molar-refractivity contribution is 0.0755. The van der Waals surface area contributed by atoms with Gasteiger partial charge in [-0.1, -0.05) is 25.4 Å². The van der Waals surface area contributed by atoms with Gasteiger partial charge < -0.3 is 10.0 Å². The first-order chi connectivity index (χ1) is 8.10. The predicted octanol–water partition coefficient (Wildman–Crippen LogP) is 3.31. The lowest BCUT2D eigenvalue weighted by Gasteiger charge is -2.21. The van der Waals surface area contributed by atoms with Crippen molar-refractivity contribution in [3.05, 3.63) is 28.8 Å². The molecule has 1 aromatic rings. The molecule has 0 saturated heterocycles. The van der Waals surface area contributed by atoms with E-state index in [1.165, 1.54) is 12.1 Å². The summed E-state index contributed by atoms with van der Waals surface area (Å²) in [6, 6.07) is 4.56. The second kappa shape index (κ2) is 6.50. The normalized spacial score (nSPS) is 10.3. The van der Waals surface area contributed by atoms with Crippen LogP contribution in [0, 0.1) is 0 Å². The first-order valence-electron chi connectivity index (χ1n) is 5.88. The zero-order valence-electron chi connectivity index (χ0n) is 10.2. The maximum Gasteiger partial charge on any atom is 0.253 e. The number of hydrogen-bond acceptors (Lipinski definition) is 2. The molecule has 0 radical (unpaired) electrons. The summed E-state index contributed by atoms with van der Waals surface area (Å²) in [5, 5.41) is 9.53. The van der Waals surface area contributed by atoms with E-state index in [2.05, 4.69) is 0 Å². The van der Waals surface area contributed by atoms with Crippen molar-refractivity contribution in [1.29, 1.82) is 0 Å². The second-order valence-corrected chi connectivity index (χ2v) is 4.37. The van der Waals surface area contributed by atoms with Gasteiger partial charge in [0.25, 0.3) is 5.91 Å². The van der Waals surface area contributed by atoms with Gasteiger partial charge in [0.1, 0.15) is 5.75 Å². The third-order valence-corrected chi connectivity index (χ3v) is 2.77. The van der Waals surface area contributed by atoms with Crippen molar-refractivity contribution in [3.63, 3.8) is 0 Å². The molecule has 0 fully saturated rings. The van der Waals surface area contributed by atoms with E-state index in [9.17, 15) is 9.90 Å². The number of carbonyl (C=O) groups is 1. The highest BCUT2D eigenvalue weighted by Crippen LogP contribution is 2.24. The van der Waals surface area contributed by atoms with Crippen LogP contribution in [0.4, 0.5) is 0 Å². The lowest BCUT2D eigenvalue weighted by Crippen LogP contribution is -2.32. The fourth-order valence-corrected chi connectivity index (χ4v) is 1.86. The minimum Gasteiger partial charge on any atom is -0.506 e. The van der Waals surface area contributed by atoms with Crippen LogP contribution in [-0.2, 0) is 0 Å². The molecule has 4 heteroatoms. The number of carbonyl (C=O) groups excluding carboxylic acids is 1. The van der Waals surface area contributed by atoms with Gasteiger partial charge in [0.2, 0.25) is 0 Å². The average molecular weight is 256 g/mol. The highest BCUT2D eigenvalue weighted by molar-refractivity contribution is 6.32. The molecule has 0 atom stereocenters. The predicted molar refractivity (Wildman–Crippen MR) is 69.6 cm³/mol. The number of benzene rings is 1. The minimum atomic E-state index is -0.0319. The van der Waals surface area contributed by atoms with Crippen molar-refractivity contribution >= 4 is 17.5 Å². The third kappa shape index (κ3) is 3.63. The zero-order valence-corrected chi connectivity index (χ0v) is 11.0. The van der Waals surface area contributed by atoms with Gasteiger partial charge in [-0.25, -0.2) is 0 Å². The van der Waals surface area contributed by atoms with E-state index < -0.39 is 0 Å². The topological polar surface area (TPSA) is 40.5 Å². The molecule has 1 amide bonds. The van der Waals surface area contributed by atoms with Crippen LogP contribution in [0.15, 0.2) is 18.2 Å². The lowest BCUT2D eigenvalue weighted by atomic mass is 10.2. The largest absolute Gasteiger partial charge is 0.506 e. The summed E-state index contributed by atoms with van der Waals surface area (Å²) >= 11 is 5.80. The summed E-state index contributed by atoms with van der Waals surface area (Å²) in [6.07, 6.45) is 1.86. The van der Waals surface area contributed by atoms with Crippen molar-refractivity contribution in [2.75, 3.05) is 13.1 Å². The van der Waals surface area contributed by atoms with E-state index in [1.54, 1.807) is 6.07 Å². The van der Waals surface area contributed by atoms with Crippen LogP contribution >= 0.6 is 11.6 Å². The van der Waals surface area contributed by atoms with Crippen LogP contribution in [0.25, 0.3) is 0 Å². The highest BCUT2D eigenvalue weighted by Gasteiger charge is 2.15. The molecule has 1 aromatic carbocycles. The molecule has 0 aliphatic heterocycles. The number of aromatic hydroxyl groups is 1. The minimum absolute atomic E-state index is 0.000694. The van der Waals surface area contributed by atoms with E-state index in [1.807, 2.05) is 18.7 Å². The molecule has 1 rings (SSSR count). The fourth-order valence-electron chi connectivity index (χ4n) is 1.68. The van der Waals surface area contributed by atoms with Gasteiger partial charge in [-0.05, 0) is 31.0 Å². The maximum absolute atomic E-state index is 12.2. The van der Waals surface area contributed by atoms with Gasteiger partial charge >= 0.3 is 0 Å². The molecule has 0 aliphatic carbocycles. The number of hydrogen-bond donors (Lipinski definition) is 1. The molecule has 0 aliphatic rings. The van der Waals surface area contributed by atoms with E-state index in [0.29, 0.717) is 5.56 Å². The van der Waals surface area contributed by atoms with Crippen molar-refractivity contribution < 1.29 is 9.90 Å². The SMILES string of the molecule is CCCN(CCC)C(=O)c1ccc(O)c(Cl)c1. The first kappa shape index (κ1) is 13.8. The van der Waals surface area contributed by atoms with E-state index in [0.717, 1.165) is 25.9 Å². The standard InChI is InChI=1S/C13H18ClNO2/c1-3-7-15(8-4-2)13(17)10-5-6-12(16)11(14)9-10/h5-6,9,16H,3-4,7-8H2,1-2H3. The molecule has 0 heterocycles. The Morgan fingerprint density at radius 2 is 1.88 bits per heavy atom. The molecule has 0 aromatic heterocycles. The van der Waals surface area contributed by atoms with Crippen LogP contribution in [-0.4, -0.2) is 29.0 Å². The Labute approximate surface area is 107 Å². The highest BCUT2D eigenvalue weighted by atomic mass is 35.5. The Morgan fingerprint density at radius 3 is 2.35 bits per heavy atom. The van der Waals surface area contributed by atoms with E-state index in [4.69, 9.17) is 11.6 Å². The van der Waals surface area contributed by atoms with Gasteiger partial charge in [-0.3, -0.25) is 4.79 Å². The Kier molecular flexibility index (Phi) is 5.29. The number of amides is 1. The van der Waals surface area contributed by atoms with Gasteiger partial charge in [-0.15, -0.1) is 0 Å². The monoisotopic (exact) mass is 255 g/mol. The van der Waals surface area contributed by atoms with Crippen molar-refractivity contribution in [3.8, 4) is 5.75 Å². The first-order valence-corrected chi connectivity index (χ1v) is 6.25. The molecule has 3 nitrogen and oxygen atoms in total. The van der Waals surface area contributed by atoms with Crippen LogP contribution in [0.5, 0.6) is 5.75 Å². The number of phenols is 1. The molecule has 0 unspecified atom stereocenters. The summed E-state index contributed by atoms with van der Waals surface area (Å²) < 4.78 is 0. The summed E-state index contributed by atoms with van der Waals surface area (Å²) in [6.45, 7) is 5.57. The quantitative estimate of drug-likeness (QED) is 0.877. The van der Waals surface area contributed by atoms with Crippen LogP contribution in [0.2, 0.25) is 5.02 Å². The van der Waals surface area contributed by atoms with E-state index in [-0.39, 0.29) is 16.7 Å². The third-order valence-electron chi connectivity index (χ3n) is 2.47. The number of rotatable bonds is 5. The van der Waals surface area contributed by atoms with Crippen molar-refractivity contribution in [2.45, 2.75) is 26.7 Å². The van der Waals surface area contributed by atoms with Crippen LogP contribution < -0.4 is 0 Å². The van der Waals surface area contributed by atoms with Gasteiger partial charge in [0.15, 0.2) is 0 Å². The Hall–Kier alpha value is -1.22. The molecule has 0 bridgehead atoms. The van der Waals surface area contributed by atoms with Gasteiger partial charge in [-0.2, -0.15) is 0 Å². The van der Waals surface area contributed by atoms with Crippen LogP contribution in [0.3, 0.4) is 0 Å². The Bertz CT molecular complexity index is 387. The molecule has 94 valence electrons. The maximum atomic E-state index is 12.2. The van der Waals surface area contributed by atoms with Gasteiger partial charge in [0.05, 0.1) is 5.02 Å². The second-order valence-electron chi connectivity index (χ2n) is 3.96. The summed E-state index contributed by atoms with van der Waals surface area (Å²) in [7, 11) is 0. The zero-order chi connectivity index (χ0) is 12.8. The molecule has 17 heavy (non-hydrogen) atoms. The fraction of sp³-hybridized carbons (Fsp3) is 0.462. The number of halogens is 1. The summed E-state index contributed by atoms with van der Waals surface area (Å²) in [5.41, 5.74) is 0.523. The van der Waals surface area contributed by atoms with Crippen molar-refractivity contribution in [2.24, 2.45) is 0 Å². The summed E-state index contributed by atoms with van der Waals surface area (Å²) in [4.78, 5) is 14.0. The van der Waals surface area contributed by atoms with E-state index >= 15 is 0 Å². The number of nitrogens with zero attached hydrogens (tertiary/aromatic N) is 1. The Balaban J connectivity index is 2.88. The smallest absolute Gasteiger partial charge is 0.253 e. The molecular formula is C13H18ClNO2. The molecule has 1 N–H and O–H groups in total.